The Balaban J connectivity index is 2.30. The number of hydrogen-bond acceptors (Lipinski definition) is 5. The van der Waals surface area contributed by atoms with Gasteiger partial charge in [-0.3, -0.25) is 0 Å². The van der Waals surface area contributed by atoms with Gasteiger partial charge in [-0.05, 0) is 25.5 Å². The van der Waals surface area contributed by atoms with Gasteiger partial charge < -0.3 is 9.26 Å². The molecular weight excluding hydrogens is 242 g/mol. The Morgan fingerprint density at radius 1 is 1.42 bits per heavy atom. The van der Waals surface area contributed by atoms with Crippen molar-refractivity contribution in [2.24, 2.45) is 0 Å². The van der Waals surface area contributed by atoms with Gasteiger partial charge in [0.15, 0.2) is 0 Å². The summed E-state index contributed by atoms with van der Waals surface area (Å²) in [5, 5.41) is 12.7. The quantitative estimate of drug-likeness (QED) is 0.823. The van der Waals surface area contributed by atoms with E-state index >= 15 is 0 Å². The van der Waals surface area contributed by atoms with Crippen molar-refractivity contribution < 1.29 is 9.26 Å². The fourth-order valence-electron chi connectivity index (χ4n) is 1.80. The normalized spacial score (nSPS) is 12.1. The minimum atomic E-state index is -0.203. The zero-order valence-electron chi connectivity index (χ0n) is 11.0. The van der Waals surface area contributed by atoms with E-state index in [0.29, 0.717) is 24.7 Å². The van der Waals surface area contributed by atoms with Gasteiger partial charge in [-0.1, -0.05) is 23.4 Å². The molecule has 1 aromatic carbocycles. The lowest BCUT2D eigenvalue weighted by Crippen LogP contribution is -2.01. The number of benzene rings is 1. The lowest BCUT2D eigenvalue weighted by atomic mass is 10.1. The lowest BCUT2D eigenvalue weighted by molar-refractivity contribution is 0.0683. The molecule has 0 aliphatic carbocycles. The van der Waals surface area contributed by atoms with Crippen LogP contribution in [0.2, 0.25) is 0 Å². The van der Waals surface area contributed by atoms with Crippen molar-refractivity contribution in [2.45, 2.75) is 26.4 Å². The Kier molecular flexibility index (Phi) is 4.26. The van der Waals surface area contributed by atoms with E-state index in [2.05, 4.69) is 16.2 Å². The first kappa shape index (κ1) is 13.2. The van der Waals surface area contributed by atoms with Crippen LogP contribution in [0.15, 0.2) is 28.8 Å². The monoisotopic (exact) mass is 257 g/mol. The first-order valence-electron chi connectivity index (χ1n) is 6.16. The summed E-state index contributed by atoms with van der Waals surface area (Å²) in [7, 11) is 0. The molecule has 1 unspecified atom stereocenters. The van der Waals surface area contributed by atoms with E-state index in [0.717, 1.165) is 11.1 Å². The first-order valence-corrected chi connectivity index (χ1v) is 6.16. The van der Waals surface area contributed by atoms with Crippen LogP contribution < -0.4 is 0 Å². The highest BCUT2D eigenvalue weighted by Gasteiger charge is 2.16. The number of rotatable bonds is 5. The van der Waals surface area contributed by atoms with E-state index < -0.39 is 0 Å². The molecule has 1 aromatic heterocycles. The van der Waals surface area contributed by atoms with Crippen LogP contribution in [0.3, 0.4) is 0 Å². The molecule has 0 N–H and O–H groups in total. The Labute approximate surface area is 111 Å². The molecule has 0 amide bonds. The van der Waals surface area contributed by atoms with Gasteiger partial charge in [0.2, 0.25) is 5.82 Å². The zero-order chi connectivity index (χ0) is 13.7. The van der Waals surface area contributed by atoms with Gasteiger partial charge in [0.05, 0.1) is 12.5 Å². The summed E-state index contributed by atoms with van der Waals surface area (Å²) in [5.74, 6) is 0.941. The number of nitriles is 1. The van der Waals surface area contributed by atoms with Crippen LogP contribution in [0.25, 0.3) is 11.5 Å². The Morgan fingerprint density at radius 2 is 2.21 bits per heavy atom. The summed E-state index contributed by atoms with van der Waals surface area (Å²) in [6, 6.07) is 9.65. The Hall–Kier alpha value is -2.19. The molecular formula is C14H15N3O2. The highest BCUT2D eigenvalue weighted by atomic mass is 16.5. The topological polar surface area (TPSA) is 71.9 Å². The van der Waals surface area contributed by atoms with Gasteiger partial charge >= 0.3 is 0 Å². The minimum Gasteiger partial charge on any atom is -0.371 e. The standard InChI is InChI=1S/C14H15N3O2/c1-3-18-10(2)13-16-14(19-17-13)12-7-5-4-6-11(12)8-9-15/h4-7,10H,3,8H2,1-2H3. The van der Waals surface area contributed by atoms with E-state index in [1.54, 1.807) is 0 Å². The smallest absolute Gasteiger partial charge is 0.258 e. The van der Waals surface area contributed by atoms with Gasteiger partial charge in [-0.25, -0.2) is 0 Å². The number of nitrogens with zero attached hydrogens (tertiary/aromatic N) is 3. The van der Waals surface area contributed by atoms with Crippen LogP contribution in [-0.4, -0.2) is 16.7 Å². The molecule has 1 heterocycles. The maximum absolute atomic E-state index is 8.82. The molecule has 98 valence electrons. The second kappa shape index (κ2) is 6.12. The molecule has 0 aliphatic heterocycles. The van der Waals surface area contributed by atoms with Crippen molar-refractivity contribution in [3.63, 3.8) is 0 Å². The van der Waals surface area contributed by atoms with Crippen molar-refractivity contribution in [1.29, 1.82) is 5.26 Å². The summed E-state index contributed by atoms with van der Waals surface area (Å²) in [6.07, 6.45) is 0.111. The predicted octanol–water partition coefficient (Wildman–Crippen LogP) is 2.90. The lowest BCUT2D eigenvalue weighted by Gasteiger charge is -2.05. The van der Waals surface area contributed by atoms with Crippen LogP contribution in [-0.2, 0) is 11.2 Å². The van der Waals surface area contributed by atoms with E-state index in [4.69, 9.17) is 14.5 Å². The maximum Gasteiger partial charge on any atom is 0.258 e. The SMILES string of the molecule is CCOC(C)c1noc(-c2ccccc2CC#N)n1. The Morgan fingerprint density at radius 3 is 2.95 bits per heavy atom. The third-order valence-corrected chi connectivity index (χ3v) is 2.74. The molecule has 5 nitrogen and oxygen atoms in total. The molecule has 0 bridgehead atoms. The van der Waals surface area contributed by atoms with Crippen LogP contribution in [0, 0.1) is 11.3 Å². The van der Waals surface area contributed by atoms with E-state index in [-0.39, 0.29) is 6.10 Å². The average Bonchev–Trinajstić information content (AvgIpc) is 2.90. The molecule has 2 rings (SSSR count). The largest absolute Gasteiger partial charge is 0.371 e. The van der Waals surface area contributed by atoms with Gasteiger partial charge in [0, 0.05) is 12.2 Å². The number of hydrogen-bond donors (Lipinski definition) is 0. The maximum atomic E-state index is 8.82. The van der Waals surface area contributed by atoms with Crippen molar-refractivity contribution in [3.05, 3.63) is 35.7 Å². The minimum absolute atomic E-state index is 0.203. The van der Waals surface area contributed by atoms with Gasteiger partial charge in [-0.15, -0.1) is 0 Å². The summed E-state index contributed by atoms with van der Waals surface area (Å²) < 4.78 is 10.7. The predicted molar refractivity (Wildman–Crippen MR) is 69.1 cm³/mol. The van der Waals surface area contributed by atoms with Gasteiger partial charge in [-0.2, -0.15) is 10.2 Å². The molecule has 1 atom stereocenters. The fraction of sp³-hybridized carbons (Fsp3) is 0.357. The highest BCUT2D eigenvalue weighted by molar-refractivity contribution is 5.59. The van der Waals surface area contributed by atoms with Crippen molar-refractivity contribution in [2.75, 3.05) is 6.61 Å². The second-order valence-corrected chi connectivity index (χ2v) is 4.05. The van der Waals surface area contributed by atoms with Crippen molar-refractivity contribution in [1.82, 2.24) is 10.1 Å². The Bertz CT molecular complexity index is 586. The van der Waals surface area contributed by atoms with Crippen molar-refractivity contribution >= 4 is 0 Å². The van der Waals surface area contributed by atoms with Crippen LogP contribution >= 0.6 is 0 Å². The van der Waals surface area contributed by atoms with E-state index in [9.17, 15) is 0 Å². The molecule has 0 aliphatic rings. The van der Waals surface area contributed by atoms with Gasteiger partial charge in [0.25, 0.3) is 5.89 Å². The van der Waals surface area contributed by atoms with Gasteiger partial charge in [0.1, 0.15) is 6.10 Å². The summed E-state index contributed by atoms with van der Waals surface area (Å²) in [5.41, 5.74) is 1.68. The highest BCUT2D eigenvalue weighted by Crippen LogP contribution is 2.24. The molecule has 0 saturated carbocycles. The van der Waals surface area contributed by atoms with Crippen LogP contribution in [0.1, 0.15) is 31.3 Å². The molecule has 19 heavy (non-hydrogen) atoms. The third kappa shape index (κ3) is 2.98. The summed E-state index contributed by atoms with van der Waals surface area (Å²) >= 11 is 0. The van der Waals surface area contributed by atoms with Crippen LogP contribution in [0.4, 0.5) is 0 Å². The summed E-state index contributed by atoms with van der Waals surface area (Å²) in [6.45, 7) is 4.38. The summed E-state index contributed by atoms with van der Waals surface area (Å²) in [4.78, 5) is 4.33. The third-order valence-electron chi connectivity index (χ3n) is 2.74. The zero-order valence-corrected chi connectivity index (χ0v) is 11.0. The van der Waals surface area contributed by atoms with Crippen molar-refractivity contribution in [3.8, 4) is 17.5 Å². The molecule has 0 fully saturated rings. The fourth-order valence-corrected chi connectivity index (χ4v) is 1.80. The first-order chi connectivity index (χ1) is 9.26. The van der Waals surface area contributed by atoms with Crippen LogP contribution in [0.5, 0.6) is 0 Å². The van der Waals surface area contributed by atoms with E-state index in [1.807, 2.05) is 38.1 Å². The molecule has 2 aromatic rings. The molecule has 0 spiro atoms. The molecule has 5 heteroatoms. The molecule has 0 saturated heterocycles. The second-order valence-electron chi connectivity index (χ2n) is 4.05. The van der Waals surface area contributed by atoms with E-state index in [1.165, 1.54) is 0 Å². The number of ether oxygens (including phenoxy) is 1. The average molecular weight is 257 g/mol. The molecule has 0 radical (unpaired) electrons. The number of aromatic nitrogens is 2.